The second kappa shape index (κ2) is 12.1. The maximum absolute atomic E-state index is 11.1. The minimum Gasteiger partial charge on any atom is -0.490 e. The van der Waals surface area contributed by atoms with Gasteiger partial charge >= 0.3 is 5.97 Å². The van der Waals surface area contributed by atoms with Gasteiger partial charge in [0, 0.05) is 25.7 Å². The Hall–Kier alpha value is -1.57. The molecule has 146 valence electrons. The molecule has 0 bridgehead atoms. The first kappa shape index (κ1) is 22.7. The summed E-state index contributed by atoms with van der Waals surface area (Å²) < 4.78 is 13.2. The maximum atomic E-state index is 11.1. The molecule has 0 aliphatic carbocycles. The minimum atomic E-state index is -0.951. The van der Waals surface area contributed by atoms with E-state index in [2.05, 4.69) is 63.1 Å². The molecule has 2 aromatic carbocycles. The summed E-state index contributed by atoms with van der Waals surface area (Å²) in [4.78, 5) is 11.1. The lowest BCUT2D eigenvalue weighted by Crippen LogP contribution is -2.26. The van der Waals surface area contributed by atoms with E-state index in [0.717, 1.165) is 16.9 Å². The maximum Gasteiger partial charge on any atom is 0.333 e. The Kier molecular flexibility index (Phi) is 9.81. The lowest BCUT2D eigenvalue weighted by molar-refractivity contribution is -0.149. The van der Waals surface area contributed by atoms with Gasteiger partial charge in [-0.3, -0.25) is 0 Å². The molecular formula is C22H20I2O4. The summed E-state index contributed by atoms with van der Waals surface area (Å²) >= 11 is 4.56. The second-order valence-corrected chi connectivity index (χ2v) is 8.26. The predicted octanol–water partition coefficient (Wildman–Crippen LogP) is 4.91. The van der Waals surface area contributed by atoms with Crippen molar-refractivity contribution in [3.05, 3.63) is 72.9 Å². The standard InChI is InChI=1S/C22H20I2O4/c1-2-27-21(22(25)26)14-16-7-9-20(10-8-16)28-11-5-3-4-6-17-12-18(23)15-19(24)13-17/h3,5,7-10,12-13,15,21H,2,11,14H2,1H3,(H,25,26)/b5-3-/t21-/m0/s1. The van der Waals surface area contributed by atoms with Gasteiger partial charge in [0.15, 0.2) is 6.10 Å². The van der Waals surface area contributed by atoms with Crippen molar-refractivity contribution in [3.8, 4) is 17.6 Å². The zero-order valence-electron chi connectivity index (χ0n) is 15.3. The average molecular weight is 602 g/mol. The fraction of sp³-hybridized carbons (Fsp3) is 0.227. The van der Waals surface area contributed by atoms with Crippen LogP contribution in [0.2, 0.25) is 0 Å². The van der Waals surface area contributed by atoms with Crippen molar-refractivity contribution in [2.24, 2.45) is 0 Å². The van der Waals surface area contributed by atoms with Crippen LogP contribution in [-0.4, -0.2) is 30.4 Å². The highest BCUT2D eigenvalue weighted by Gasteiger charge is 2.17. The number of rotatable bonds is 8. The summed E-state index contributed by atoms with van der Waals surface area (Å²) in [6.45, 7) is 2.57. The van der Waals surface area contributed by atoms with Crippen LogP contribution in [-0.2, 0) is 16.0 Å². The van der Waals surface area contributed by atoms with Gasteiger partial charge in [0.05, 0.1) is 0 Å². The fourth-order valence-corrected chi connectivity index (χ4v) is 4.29. The lowest BCUT2D eigenvalue weighted by Gasteiger charge is -2.12. The number of aliphatic carboxylic acids is 1. The van der Waals surface area contributed by atoms with Gasteiger partial charge < -0.3 is 14.6 Å². The summed E-state index contributed by atoms with van der Waals surface area (Å²) in [5.74, 6) is 5.89. The van der Waals surface area contributed by atoms with Crippen LogP contribution in [0.25, 0.3) is 0 Å². The summed E-state index contributed by atoms with van der Waals surface area (Å²) in [5.41, 5.74) is 1.88. The highest BCUT2D eigenvalue weighted by molar-refractivity contribution is 14.1. The molecule has 4 nitrogen and oxygen atoms in total. The van der Waals surface area contributed by atoms with Crippen molar-refractivity contribution in [2.75, 3.05) is 13.2 Å². The Morgan fingerprint density at radius 2 is 1.86 bits per heavy atom. The SMILES string of the molecule is CCO[C@@H](Cc1ccc(OC/C=C\C#Cc2cc(I)cc(I)c2)cc1)C(=O)O. The molecule has 0 heterocycles. The zero-order valence-corrected chi connectivity index (χ0v) is 19.6. The topological polar surface area (TPSA) is 55.8 Å². The summed E-state index contributed by atoms with van der Waals surface area (Å²) in [7, 11) is 0. The first-order valence-electron chi connectivity index (χ1n) is 8.66. The quantitative estimate of drug-likeness (QED) is 0.345. The van der Waals surface area contributed by atoms with E-state index in [1.807, 2.05) is 42.5 Å². The summed E-state index contributed by atoms with van der Waals surface area (Å²) in [6.07, 6.45) is 3.14. The zero-order chi connectivity index (χ0) is 20.4. The third-order valence-corrected chi connectivity index (χ3v) is 4.86. The highest BCUT2D eigenvalue weighted by Crippen LogP contribution is 2.15. The number of halogens is 2. The van der Waals surface area contributed by atoms with E-state index in [1.165, 1.54) is 7.14 Å². The van der Waals surface area contributed by atoms with Gasteiger partial charge in [0.2, 0.25) is 0 Å². The molecule has 1 atom stereocenters. The van der Waals surface area contributed by atoms with Gasteiger partial charge in [-0.05, 0) is 100 Å². The molecule has 0 aromatic heterocycles. The van der Waals surface area contributed by atoms with Gasteiger partial charge in [0.25, 0.3) is 0 Å². The van der Waals surface area contributed by atoms with E-state index in [9.17, 15) is 4.79 Å². The molecule has 0 aliphatic heterocycles. The molecule has 0 radical (unpaired) electrons. The molecule has 0 fully saturated rings. The number of benzene rings is 2. The number of carboxylic acids is 1. The van der Waals surface area contributed by atoms with Crippen molar-refractivity contribution in [1.29, 1.82) is 0 Å². The Morgan fingerprint density at radius 1 is 1.18 bits per heavy atom. The van der Waals surface area contributed by atoms with Crippen molar-refractivity contribution in [3.63, 3.8) is 0 Å². The fourth-order valence-electron chi connectivity index (χ4n) is 2.36. The molecule has 0 saturated heterocycles. The molecule has 2 aromatic rings. The van der Waals surface area contributed by atoms with Gasteiger partial charge in [-0.25, -0.2) is 4.79 Å². The largest absolute Gasteiger partial charge is 0.490 e. The average Bonchev–Trinajstić information content (AvgIpc) is 2.64. The molecule has 0 saturated carbocycles. The van der Waals surface area contributed by atoms with Crippen molar-refractivity contribution >= 4 is 51.2 Å². The summed E-state index contributed by atoms with van der Waals surface area (Å²) in [5, 5.41) is 9.14. The molecule has 1 N–H and O–H groups in total. The van der Waals surface area contributed by atoms with Crippen LogP contribution in [0.5, 0.6) is 5.75 Å². The van der Waals surface area contributed by atoms with Gasteiger partial charge in [-0.1, -0.05) is 24.0 Å². The normalized spacial score (nSPS) is 11.7. The van der Waals surface area contributed by atoms with Gasteiger partial charge in [-0.15, -0.1) is 0 Å². The second-order valence-electron chi connectivity index (χ2n) is 5.77. The smallest absolute Gasteiger partial charge is 0.333 e. The Labute approximate surface area is 192 Å². The molecule has 6 heteroatoms. The first-order valence-corrected chi connectivity index (χ1v) is 10.8. The van der Waals surface area contributed by atoms with E-state index < -0.39 is 12.1 Å². The van der Waals surface area contributed by atoms with Crippen molar-refractivity contribution in [1.82, 2.24) is 0 Å². The van der Waals surface area contributed by atoms with E-state index in [-0.39, 0.29) is 0 Å². The Balaban J connectivity index is 1.82. The van der Waals surface area contributed by atoms with E-state index in [0.29, 0.717) is 19.6 Å². The number of carboxylic acid groups (broad SMARTS) is 1. The molecule has 0 unspecified atom stereocenters. The molecular weight excluding hydrogens is 582 g/mol. The van der Waals surface area contributed by atoms with Crippen LogP contribution in [0.1, 0.15) is 18.1 Å². The Bertz CT molecular complexity index is 859. The number of allylic oxidation sites excluding steroid dienone is 1. The van der Waals surface area contributed by atoms with Crippen molar-refractivity contribution < 1.29 is 19.4 Å². The van der Waals surface area contributed by atoms with Crippen molar-refractivity contribution in [2.45, 2.75) is 19.4 Å². The van der Waals surface area contributed by atoms with Crippen LogP contribution in [0.3, 0.4) is 0 Å². The third kappa shape index (κ3) is 8.20. The monoisotopic (exact) mass is 602 g/mol. The highest BCUT2D eigenvalue weighted by atomic mass is 127. The molecule has 0 spiro atoms. The third-order valence-electron chi connectivity index (χ3n) is 3.61. The van der Waals surface area contributed by atoms with Crippen LogP contribution < -0.4 is 4.74 Å². The van der Waals surface area contributed by atoms with Crippen LogP contribution in [0, 0.1) is 19.0 Å². The number of ether oxygens (including phenoxy) is 2. The Morgan fingerprint density at radius 3 is 2.46 bits per heavy atom. The summed E-state index contributed by atoms with van der Waals surface area (Å²) in [6, 6.07) is 13.5. The lowest BCUT2D eigenvalue weighted by atomic mass is 10.1. The van der Waals surface area contributed by atoms with E-state index in [4.69, 9.17) is 14.6 Å². The van der Waals surface area contributed by atoms with Gasteiger partial charge in [0.1, 0.15) is 12.4 Å². The van der Waals surface area contributed by atoms with Gasteiger partial charge in [-0.2, -0.15) is 0 Å². The van der Waals surface area contributed by atoms with E-state index >= 15 is 0 Å². The van der Waals surface area contributed by atoms with Crippen LogP contribution in [0.15, 0.2) is 54.6 Å². The molecule has 28 heavy (non-hydrogen) atoms. The minimum absolute atomic E-state index is 0.330. The number of carbonyl (C=O) groups is 1. The van der Waals surface area contributed by atoms with E-state index in [1.54, 1.807) is 13.0 Å². The van der Waals surface area contributed by atoms with Crippen LogP contribution >= 0.6 is 45.2 Å². The number of hydrogen-bond donors (Lipinski definition) is 1. The van der Waals surface area contributed by atoms with Crippen LogP contribution in [0.4, 0.5) is 0 Å². The molecule has 2 rings (SSSR count). The molecule has 0 amide bonds. The first-order chi connectivity index (χ1) is 13.5. The number of hydrogen-bond acceptors (Lipinski definition) is 3. The molecule has 0 aliphatic rings. The predicted molar refractivity (Wildman–Crippen MR) is 127 cm³/mol.